The number of nitrogens with zero attached hydrogens (tertiary/aromatic N) is 6. The Bertz CT molecular complexity index is 1090. The first-order chi connectivity index (χ1) is 14.3. The number of rotatable bonds is 5. The number of fused-ring (bicyclic) bond motifs is 1. The highest BCUT2D eigenvalue weighted by Gasteiger charge is 2.35. The van der Waals surface area contributed by atoms with E-state index in [2.05, 4.69) is 70.3 Å². The zero-order valence-corrected chi connectivity index (χ0v) is 18.5. The van der Waals surface area contributed by atoms with E-state index in [0.717, 1.165) is 54.9 Å². The number of hydrogen-bond donors (Lipinski definition) is 1. The van der Waals surface area contributed by atoms with Gasteiger partial charge in [-0.05, 0) is 67.7 Å². The molecule has 0 bridgehead atoms. The predicted molar refractivity (Wildman–Crippen MR) is 118 cm³/mol. The van der Waals surface area contributed by atoms with Crippen LogP contribution in [0, 0.1) is 6.92 Å². The van der Waals surface area contributed by atoms with Crippen LogP contribution in [0.5, 0.6) is 0 Å². The van der Waals surface area contributed by atoms with Crippen LogP contribution in [0.2, 0.25) is 0 Å². The summed E-state index contributed by atoms with van der Waals surface area (Å²) in [5.41, 5.74) is 2.34. The van der Waals surface area contributed by atoms with Gasteiger partial charge in [-0.15, -0.1) is 5.10 Å². The van der Waals surface area contributed by atoms with E-state index >= 15 is 0 Å². The summed E-state index contributed by atoms with van der Waals surface area (Å²) in [7, 11) is 2.13. The van der Waals surface area contributed by atoms with E-state index < -0.39 is 0 Å². The number of pyridine rings is 1. The normalized spacial score (nSPS) is 17.5. The van der Waals surface area contributed by atoms with Gasteiger partial charge < -0.3 is 9.88 Å². The van der Waals surface area contributed by atoms with Crippen molar-refractivity contribution in [3.8, 4) is 0 Å². The summed E-state index contributed by atoms with van der Waals surface area (Å²) in [6.45, 7) is 12.0. The molecular weight excluding hydrogens is 378 g/mol. The highest BCUT2D eigenvalue weighted by atomic mass is 16.1. The van der Waals surface area contributed by atoms with E-state index in [1.807, 2.05) is 23.7 Å². The van der Waals surface area contributed by atoms with Crippen molar-refractivity contribution in [1.82, 2.24) is 35.0 Å². The lowest BCUT2D eigenvalue weighted by molar-refractivity contribution is 0.117. The SMILES string of the molecule is CCC(C)(C)n1nnnc1C(c1cc2ccc(C)cc2[nH]c1=O)N1CCN(C)CC1. The van der Waals surface area contributed by atoms with E-state index in [0.29, 0.717) is 5.56 Å². The van der Waals surface area contributed by atoms with Crippen LogP contribution in [-0.4, -0.2) is 68.2 Å². The Labute approximate surface area is 176 Å². The van der Waals surface area contributed by atoms with Crippen molar-refractivity contribution in [3.05, 3.63) is 51.6 Å². The average molecular weight is 410 g/mol. The second kappa shape index (κ2) is 7.92. The number of hydrogen-bond acceptors (Lipinski definition) is 6. The summed E-state index contributed by atoms with van der Waals surface area (Å²) in [5.74, 6) is 0.725. The van der Waals surface area contributed by atoms with Gasteiger partial charge in [0.15, 0.2) is 5.82 Å². The van der Waals surface area contributed by atoms with Gasteiger partial charge in [0.2, 0.25) is 0 Å². The van der Waals surface area contributed by atoms with E-state index in [9.17, 15) is 4.79 Å². The molecule has 0 radical (unpaired) electrons. The van der Waals surface area contributed by atoms with Gasteiger partial charge in [-0.3, -0.25) is 9.69 Å². The molecule has 8 heteroatoms. The van der Waals surface area contributed by atoms with Gasteiger partial charge in [-0.25, -0.2) is 4.68 Å². The third-order valence-electron chi connectivity index (χ3n) is 6.40. The first-order valence-corrected chi connectivity index (χ1v) is 10.6. The van der Waals surface area contributed by atoms with Crippen LogP contribution in [0.25, 0.3) is 10.9 Å². The molecule has 1 saturated heterocycles. The van der Waals surface area contributed by atoms with Crippen LogP contribution < -0.4 is 5.56 Å². The lowest BCUT2D eigenvalue weighted by Crippen LogP contribution is -2.48. The molecule has 8 nitrogen and oxygen atoms in total. The molecule has 2 aromatic heterocycles. The number of H-pyrrole nitrogens is 1. The second-order valence-electron chi connectivity index (χ2n) is 9.00. The summed E-state index contributed by atoms with van der Waals surface area (Å²) < 4.78 is 1.90. The Hall–Kier alpha value is -2.58. The minimum Gasteiger partial charge on any atom is -0.322 e. The molecule has 1 unspecified atom stereocenters. The molecule has 0 amide bonds. The summed E-state index contributed by atoms with van der Waals surface area (Å²) >= 11 is 0. The molecule has 30 heavy (non-hydrogen) atoms. The van der Waals surface area contributed by atoms with Crippen LogP contribution in [0.1, 0.15) is 50.2 Å². The fraction of sp³-hybridized carbons (Fsp3) is 0.545. The highest BCUT2D eigenvalue weighted by molar-refractivity contribution is 5.79. The third-order valence-corrected chi connectivity index (χ3v) is 6.40. The largest absolute Gasteiger partial charge is 0.322 e. The minimum absolute atomic E-state index is 0.0825. The quantitative estimate of drug-likeness (QED) is 0.696. The van der Waals surface area contributed by atoms with E-state index in [4.69, 9.17) is 0 Å². The summed E-state index contributed by atoms with van der Waals surface area (Å²) in [6.07, 6.45) is 0.883. The monoisotopic (exact) mass is 409 g/mol. The molecule has 1 fully saturated rings. The Balaban J connectivity index is 1.88. The number of piperazine rings is 1. The van der Waals surface area contributed by atoms with Crippen molar-refractivity contribution in [2.45, 2.75) is 45.7 Å². The first kappa shape index (κ1) is 20.7. The number of aryl methyl sites for hydroxylation is 1. The van der Waals surface area contributed by atoms with Gasteiger partial charge in [-0.1, -0.05) is 19.1 Å². The lowest BCUT2D eigenvalue weighted by atomic mass is 9.98. The molecule has 1 atom stereocenters. The van der Waals surface area contributed by atoms with Crippen LogP contribution in [0.15, 0.2) is 29.1 Å². The molecule has 1 aliphatic heterocycles. The first-order valence-electron chi connectivity index (χ1n) is 10.6. The predicted octanol–water partition coefficient (Wildman–Crippen LogP) is 2.30. The van der Waals surface area contributed by atoms with Gasteiger partial charge in [0.25, 0.3) is 5.56 Å². The highest BCUT2D eigenvalue weighted by Crippen LogP contribution is 2.31. The third kappa shape index (κ3) is 3.77. The molecule has 3 heterocycles. The van der Waals surface area contributed by atoms with Crippen molar-refractivity contribution in [1.29, 1.82) is 0 Å². The van der Waals surface area contributed by atoms with E-state index in [1.165, 1.54) is 0 Å². The minimum atomic E-state index is -0.297. The Morgan fingerprint density at radius 3 is 2.60 bits per heavy atom. The molecule has 1 N–H and O–H groups in total. The topological polar surface area (TPSA) is 82.9 Å². The summed E-state index contributed by atoms with van der Waals surface area (Å²) in [6, 6.07) is 7.85. The maximum atomic E-state index is 13.2. The smallest absolute Gasteiger partial charge is 0.253 e. The van der Waals surface area contributed by atoms with Crippen molar-refractivity contribution in [2.24, 2.45) is 0 Å². The average Bonchev–Trinajstić information content (AvgIpc) is 3.20. The Morgan fingerprint density at radius 1 is 1.17 bits per heavy atom. The molecular formula is C22H31N7O. The maximum absolute atomic E-state index is 13.2. The zero-order valence-electron chi connectivity index (χ0n) is 18.5. The molecule has 1 aliphatic rings. The van der Waals surface area contributed by atoms with Crippen molar-refractivity contribution in [3.63, 3.8) is 0 Å². The van der Waals surface area contributed by atoms with Crippen molar-refractivity contribution in [2.75, 3.05) is 33.2 Å². The van der Waals surface area contributed by atoms with Crippen molar-refractivity contribution < 1.29 is 0 Å². The number of benzene rings is 1. The summed E-state index contributed by atoms with van der Waals surface area (Å²) in [5, 5.41) is 13.8. The van der Waals surface area contributed by atoms with Crippen molar-refractivity contribution >= 4 is 10.9 Å². The summed E-state index contributed by atoms with van der Waals surface area (Å²) in [4.78, 5) is 21.0. The van der Waals surface area contributed by atoms with Crippen LogP contribution in [0.4, 0.5) is 0 Å². The second-order valence-corrected chi connectivity index (χ2v) is 9.00. The van der Waals surface area contributed by atoms with E-state index in [1.54, 1.807) is 0 Å². The van der Waals surface area contributed by atoms with Gasteiger partial charge >= 0.3 is 0 Å². The molecule has 0 aliphatic carbocycles. The van der Waals surface area contributed by atoms with Crippen LogP contribution in [-0.2, 0) is 5.54 Å². The molecule has 160 valence electrons. The maximum Gasteiger partial charge on any atom is 0.253 e. The number of tetrazole rings is 1. The van der Waals surface area contributed by atoms with Crippen LogP contribution >= 0.6 is 0 Å². The van der Waals surface area contributed by atoms with Crippen LogP contribution in [0.3, 0.4) is 0 Å². The zero-order chi connectivity index (χ0) is 21.5. The fourth-order valence-electron chi connectivity index (χ4n) is 4.06. The Morgan fingerprint density at radius 2 is 1.90 bits per heavy atom. The number of aromatic nitrogens is 5. The number of likely N-dealkylation sites (N-methyl/N-ethyl adjacent to an activating group) is 1. The molecule has 1 aromatic carbocycles. The Kier molecular flexibility index (Phi) is 5.46. The fourth-order valence-corrected chi connectivity index (χ4v) is 4.06. The molecule has 4 rings (SSSR count). The van der Waals surface area contributed by atoms with Gasteiger partial charge in [0.1, 0.15) is 6.04 Å². The standard InChI is InChI=1S/C22H31N7O/c1-6-22(3,4)29-20(24-25-26-29)19(28-11-9-27(5)10-12-28)17-14-16-8-7-15(2)13-18(16)23-21(17)30/h7-8,13-14,19H,6,9-12H2,1-5H3,(H,23,30). The lowest BCUT2D eigenvalue weighted by Gasteiger charge is -2.38. The van der Waals surface area contributed by atoms with Gasteiger partial charge in [0, 0.05) is 37.3 Å². The molecule has 3 aromatic rings. The van der Waals surface area contributed by atoms with Gasteiger partial charge in [-0.2, -0.15) is 0 Å². The van der Waals surface area contributed by atoms with Gasteiger partial charge in [0.05, 0.1) is 5.54 Å². The number of aromatic amines is 1. The molecule has 0 spiro atoms. The molecule has 0 saturated carbocycles. The van der Waals surface area contributed by atoms with E-state index in [-0.39, 0.29) is 17.1 Å². The number of nitrogens with one attached hydrogen (secondary N) is 1.